The standard InChI is InChI=1S/C18H23FN2O2/c1-11-7-12(2)10-21(9-11)18(23)15-6-5-13(3)16(8-15)20-17(22)14(4)19/h5-6,8,11-12H,4,7,9-10H2,1-3H3,(H,20,22). The van der Waals surface area contributed by atoms with Crippen molar-refractivity contribution in [1.29, 1.82) is 0 Å². The van der Waals surface area contributed by atoms with Crippen molar-refractivity contribution in [2.45, 2.75) is 27.2 Å². The Labute approximate surface area is 136 Å². The predicted molar refractivity (Wildman–Crippen MR) is 88.9 cm³/mol. The van der Waals surface area contributed by atoms with E-state index in [0.717, 1.165) is 25.1 Å². The van der Waals surface area contributed by atoms with E-state index >= 15 is 0 Å². The fourth-order valence-corrected chi connectivity index (χ4v) is 3.09. The number of halogens is 1. The molecule has 1 aromatic rings. The maximum atomic E-state index is 12.9. The highest BCUT2D eigenvalue weighted by Gasteiger charge is 2.26. The number of benzene rings is 1. The Morgan fingerprint density at radius 1 is 1.26 bits per heavy atom. The quantitative estimate of drug-likeness (QED) is 0.867. The van der Waals surface area contributed by atoms with E-state index in [4.69, 9.17) is 0 Å². The number of carbonyl (C=O) groups is 2. The molecule has 0 aromatic heterocycles. The molecule has 4 nitrogen and oxygen atoms in total. The van der Waals surface area contributed by atoms with Crippen LogP contribution in [-0.4, -0.2) is 29.8 Å². The highest BCUT2D eigenvalue weighted by molar-refractivity contribution is 6.03. The van der Waals surface area contributed by atoms with Crippen molar-refractivity contribution >= 4 is 17.5 Å². The van der Waals surface area contributed by atoms with Gasteiger partial charge in [0.15, 0.2) is 5.83 Å². The summed E-state index contributed by atoms with van der Waals surface area (Å²) in [5.41, 5.74) is 1.69. The fourth-order valence-electron chi connectivity index (χ4n) is 3.09. The fraction of sp³-hybridized carbons (Fsp3) is 0.444. The van der Waals surface area contributed by atoms with Gasteiger partial charge in [-0.15, -0.1) is 0 Å². The van der Waals surface area contributed by atoms with E-state index < -0.39 is 11.7 Å². The second-order valence-electron chi connectivity index (χ2n) is 6.54. The van der Waals surface area contributed by atoms with Gasteiger partial charge in [-0.1, -0.05) is 26.5 Å². The van der Waals surface area contributed by atoms with Gasteiger partial charge in [-0.05, 0) is 42.9 Å². The van der Waals surface area contributed by atoms with Crippen LogP contribution >= 0.6 is 0 Å². The molecule has 1 aromatic carbocycles. The number of aryl methyl sites for hydroxylation is 1. The van der Waals surface area contributed by atoms with Gasteiger partial charge in [0.2, 0.25) is 0 Å². The van der Waals surface area contributed by atoms with Crippen molar-refractivity contribution in [1.82, 2.24) is 4.90 Å². The molecule has 0 radical (unpaired) electrons. The van der Waals surface area contributed by atoms with Gasteiger partial charge in [0, 0.05) is 24.3 Å². The van der Waals surface area contributed by atoms with Crippen LogP contribution < -0.4 is 5.32 Å². The summed E-state index contributed by atoms with van der Waals surface area (Å²) < 4.78 is 12.9. The minimum atomic E-state index is -1.06. The number of rotatable bonds is 3. The van der Waals surface area contributed by atoms with Crippen LogP contribution in [0.4, 0.5) is 10.1 Å². The van der Waals surface area contributed by atoms with Crippen LogP contribution in [-0.2, 0) is 4.79 Å². The van der Waals surface area contributed by atoms with Gasteiger partial charge in [0.25, 0.3) is 11.8 Å². The number of anilines is 1. The molecule has 1 N–H and O–H groups in total. The number of carbonyl (C=O) groups excluding carboxylic acids is 2. The molecule has 124 valence electrons. The first-order valence-electron chi connectivity index (χ1n) is 7.83. The lowest BCUT2D eigenvalue weighted by atomic mass is 9.91. The van der Waals surface area contributed by atoms with E-state index in [1.807, 2.05) is 4.90 Å². The molecule has 2 atom stereocenters. The molecule has 1 fully saturated rings. The first-order valence-corrected chi connectivity index (χ1v) is 7.83. The molecule has 0 saturated carbocycles. The zero-order valence-electron chi connectivity index (χ0n) is 13.9. The van der Waals surface area contributed by atoms with Gasteiger partial charge in [0.05, 0.1) is 0 Å². The summed E-state index contributed by atoms with van der Waals surface area (Å²) in [6.45, 7) is 10.5. The summed E-state index contributed by atoms with van der Waals surface area (Å²) in [5, 5.41) is 2.44. The average Bonchev–Trinajstić information content (AvgIpc) is 2.47. The van der Waals surface area contributed by atoms with Crippen LogP contribution in [0.5, 0.6) is 0 Å². The highest BCUT2D eigenvalue weighted by Crippen LogP contribution is 2.24. The lowest BCUT2D eigenvalue weighted by molar-refractivity contribution is -0.114. The first-order chi connectivity index (χ1) is 10.8. The average molecular weight is 318 g/mol. The maximum Gasteiger partial charge on any atom is 0.283 e. The normalized spacial score (nSPS) is 21.0. The van der Waals surface area contributed by atoms with Gasteiger partial charge in [-0.2, -0.15) is 0 Å². The van der Waals surface area contributed by atoms with Crippen LogP contribution in [0.3, 0.4) is 0 Å². The predicted octanol–water partition coefficient (Wildman–Crippen LogP) is 3.53. The van der Waals surface area contributed by atoms with Crippen molar-refractivity contribution in [3.05, 3.63) is 41.7 Å². The molecule has 1 heterocycles. The zero-order chi connectivity index (χ0) is 17.1. The van der Waals surface area contributed by atoms with Crippen molar-refractivity contribution < 1.29 is 14.0 Å². The van der Waals surface area contributed by atoms with Crippen molar-refractivity contribution in [3.8, 4) is 0 Å². The molecule has 2 rings (SSSR count). The number of hydrogen-bond acceptors (Lipinski definition) is 2. The minimum absolute atomic E-state index is 0.0574. The Morgan fingerprint density at radius 2 is 1.87 bits per heavy atom. The molecule has 2 amide bonds. The second kappa shape index (κ2) is 6.94. The summed E-state index contributed by atoms with van der Waals surface area (Å²) in [6.07, 6.45) is 1.12. The van der Waals surface area contributed by atoms with Gasteiger partial charge >= 0.3 is 0 Å². The summed E-state index contributed by atoms with van der Waals surface area (Å²) >= 11 is 0. The van der Waals surface area contributed by atoms with Crippen molar-refractivity contribution in [2.24, 2.45) is 11.8 Å². The van der Waals surface area contributed by atoms with E-state index in [-0.39, 0.29) is 5.91 Å². The molecule has 1 aliphatic heterocycles. The first kappa shape index (κ1) is 17.2. The molecular formula is C18H23FN2O2. The molecular weight excluding hydrogens is 295 g/mol. The van der Waals surface area contributed by atoms with Gasteiger partial charge < -0.3 is 10.2 Å². The number of nitrogens with zero attached hydrogens (tertiary/aromatic N) is 1. The van der Waals surface area contributed by atoms with Gasteiger partial charge in [0.1, 0.15) is 0 Å². The Balaban J connectivity index is 2.21. The summed E-state index contributed by atoms with van der Waals surface area (Å²) in [6, 6.07) is 5.09. The van der Waals surface area contributed by atoms with Crippen molar-refractivity contribution in [3.63, 3.8) is 0 Å². The number of amides is 2. The van der Waals surface area contributed by atoms with Gasteiger partial charge in [-0.3, -0.25) is 9.59 Å². The summed E-state index contributed by atoms with van der Waals surface area (Å²) in [4.78, 5) is 26.0. The van der Waals surface area contributed by atoms with Gasteiger partial charge in [-0.25, -0.2) is 4.39 Å². The molecule has 5 heteroatoms. The lowest BCUT2D eigenvalue weighted by Crippen LogP contribution is -2.42. The van der Waals surface area contributed by atoms with E-state index in [1.54, 1.807) is 25.1 Å². The highest BCUT2D eigenvalue weighted by atomic mass is 19.1. The summed E-state index contributed by atoms with van der Waals surface area (Å²) in [5.74, 6) is -1.06. The smallest absolute Gasteiger partial charge is 0.283 e. The lowest BCUT2D eigenvalue weighted by Gasteiger charge is -2.35. The van der Waals surface area contributed by atoms with E-state index in [0.29, 0.717) is 23.1 Å². The molecule has 0 aliphatic carbocycles. The van der Waals surface area contributed by atoms with Crippen molar-refractivity contribution in [2.75, 3.05) is 18.4 Å². The molecule has 1 saturated heterocycles. The number of nitrogens with one attached hydrogen (secondary N) is 1. The molecule has 0 bridgehead atoms. The van der Waals surface area contributed by atoms with E-state index in [1.165, 1.54) is 0 Å². The third-order valence-electron chi connectivity index (χ3n) is 4.14. The van der Waals surface area contributed by atoms with Crippen LogP contribution in [0.2, 0.25) is 0 Å². The number of likely N-dealkylation sites (tertiary alicyclic amines) is 1. The number of hydrogen-bond donors (Lipinski definition) is 1. The Kier molecular flexibility index (Phi) is 5.19. The van der Waals surface area contributed by atoms with Crippen LogP contribution in [0.25, 0.3) is 0 Å². The third kappa shape index (κ3) is 4.18. The molecule has 2 unspecified atom stereocenters. The minimum Gasteiger partial charge on any atom is -0.338 e. The molecule has 0 spiro atoms. The maximum absolute atomic E-state index is 12.9. The largest absolute Gasteiger partial charge is 0.338 e. The van der Waals surface area contributed by atoms with Crippen LogP contribution in [0, 0.1) is 18.8 Å². The Morgan fingerprint density at radius 3 is 2.43 bits per heavy atom. The SMILES string of the molecule is C=C(F)C(=O)Nc1cc(C(=O)N2CC(C)CC(C)C2)ccc1C. The molecule has 1 aliphatic rings. The zero-order valence-corrected chi connectivity index (χ0v) is 13.9. The van der Waals surface area contributed by atoms with Crippen LogP contribution in [0.1, 0.15) is 36.2 Å². The second-order valence-corrected chi connectivity index (χ2v) is 6.54. The Bertz CT molecular complexity index is 632. The number of piperidine rings is 1. The third-order valence-corrected chi connectivity index (χ3v) is 4.14. The van der Waals surface area contributed by atoms with E-state index in [2.05, 4.69) is 25.7 Å². The Hall–Kier alpha value is -2.17. The van der Waals surface area contributed by atoms with Crippen LogP contribution in [0.15, 0.2) is 30.6 Å². The van der Waals surface area contributed by atoms with E-state index in [9.17, 15) is 14.0 Å². The topological polar surface area (TPSA) is 49.4 Å². The summed E-state index contributed by atoms with van der Waals surface area (Å²) in [7, 11) is 0. The molecule has 23 heavy (non-hydrogen) atoms. The monoisotopic (exact) mass is 318 g/mol.